The van der Waals surface area contributed by atoms with Crippen molar-refractivity contribution >= 4 is 42.5 Å². The first kappa shape index (κ1) is 37.6. The van der Waals surface area contributed by atoms with Crippen LogP contribution in [0.2, 0.25) is 0 Å². The number of esters is 1. The highest BCUT2D eigenvalue weighted by Crippen LogP contribution is 2.30. The van der Waals surface area contributed by atoms with E-state index < -0.39 is 0 Å². The number of aromatic nitrogens is 4. The maximum absolute atomic E-state index is 14.2. The van der Waals surface area contributed by atoms with E-state index in [-0.39, 0.29) is 60.0 Å². The zero-order valence-corrected chi connectivity index (χ0v) is 27.9. The largest absolute Gasteiger partial charge is 0.462 e. The van der Waals surface area contributed by atoms with Gasteiger partial charge in [0.05, 0.1) is 18.5 Å². The van der Waals surface area contributed by atoms with E-state index in [9.17, 15) is 9.59 Å². The Labute approximate surface area is 262 Å². The maximum atomic E-state index is 14.2. The van der Waals surface area contributed by atoms with Gasteiger partial charge in [-0.05, 0) is 25.7 Å². The molecule has 13 heteroatoms. The molecule has 2 aromatic heterocycles. The Hall–Kier alpha value is -2.47. The van der Waals surface area contributed by atoms with Crippen molar-refractivity contribution in [2.45, 2.75) is 71.8 Å². The average molecular weight is 631 g/mol. The molecule has 1 saturated heterocycles. The molecular formula is C29H49Cl2N7O4. The summed E-state index contributed by atoms with van der Waals surface area (Å²) in [6.07, 6.45) is 4.71. The third-order valence-electron chi connectivity index (χ3n) is 6.97. The number of rotatable bonds is 12. The Bertz CT molecular complexity index is 1150. The Balaban J connectivity index is 0.00000441. The SMILES string of the molecule is CCOC(=O)c1cnn(C)c1[C@H]1CNC[C@@H](N(CC(C)C)C(=O)c2cnc(C(C)(C)C)nc2NCCCOC)C1.Cl.Cl. The number of carbonyl (C=O) groups excluding carboxylic acids is 2. The van der Waals surface area contributed by atoms with Crippen molar-refractivity contribution in [2.75, 3.05) is 51.8 Å². The third kappa shape index (κ3) is 9.52. The highest BCUT2D eigenvalue weighted by molar-refractivity contribution is 5.98. The molecular weight excluding hydrogens is 581 g/mol. The molecule has 0 spiro atoms. The molecule has 0 bridgehead atoms. The number of nitrogens with zero attached hydrogens (tertiary/aromatic N) is 5. The van der Waals surface area contributed by atoms with Gasteiger partial charge in [0.15, 0.2) is 0 Å². The molecule has 2 N–H and O–H groups in total. The molecule has 0 aliphatic carbocycles. The van der Waals surface area contributed by atoms with Crippen LogP contribution in [0.1, 0.15) is 92.5 Å². The fourth-order valence-electron chi connectivity index (χ4n) is 5.07. The number of hydrogen-bond donors (Lipinski definition) is 2. The van der Waals surface area contributed by atoms with Crippen molar-refractivity contribution < 1.29 is 19.1 Å². The van der Waals surface area contributed by atoms with E-state index in [1.54, 1.807) is 31.1 Å². The summed E-state index contributed by atoms with van der Waals surface area (Å²) in [5.74, 6) is 0.986. The molecule has 0 aromatic carbocycles. The number of halogens is 2. The molecule has 11 nitrogen and oxygen atoms in total. The molecule has 42 heavy (non-hydrogen) atoms. The standard InChI is InChI=1S/C29H47N7O4.2ClH/c1-9-40-27(38)22-17-33-35(7)24(22)20-13-21(15-30-14-20)36(18-19(2)3)26(37)23-16-32-28(29(4,5)6)34-25(23)31-11-10-12-39-8;;/h16-17,19-21,30H,9-15,18H2,1-8H3,(H,31,32,34);2*1H/t20-,21+;;/m1../s1. The van der Waals surface area contributed by atoms with Crippen molar-refractivity contribution in [1.29, 1.82) is 0 Å². The van der Waals surface area contributed by atoms with E-state index in [0.29, 0.717) is 68.6 Å². The van der Waals surface area contributed by atoms with Gasteiger partial charge in [0, 0.05) is 70.5 Å². The fourth-order valence-corrected chi connectivity index (χ4v) is 5.07. The minimum atomic E-state index is -0.372. The van der Waals surface area contributed by atoms with Gasteiger partial charge >= 0.3 is 5.97 Å². The van der Waals surface area contributed by atoms with Gasteiger partial charge in [-0.1, -0.05) is 34.6 Å². The predicted octanol–water partition coefficient (Wildman–Crippen LogP) is 4.22. The Morgan fingerprint density at radius 1 is 1.19 bits per heavy atom. The van der Waals surface area contributed by atoms with Gasteiger partial charge in [0.2, 0.25) is 0 Å². The van der Waals surface area contributed by atoms with Gasteiger partial charge in [-0.25, -0.2) is 14.8 Å². The van der Waals surface area contributed by atoms with Gasteiger partial charge < -0.3 is 25.0 Å². The van der Waals surface area contributed by atoms with E-state index in [0.717, 1.165) is 12.1 Å². The van der Waals surface area contributed by atoms with Crippen LogP contribution in [-0.4, -0.2) is 89.1 Å². The average Bonchev–Trinajstić information content (AvgIpc) is 3.30. The lowest BCUT2D eigenvalue weighted by atomic mass is 9.89. The van der Waals surface area contributed by atoms with Crippen LogP contribution in [0.25, 0.3) is 0 Å². The van der Waals surface area contributed by atoms with Crippen molar-refractivity contribution in [3.8, 4) is 0 Å². The number of hydrogen-bond acceptors (Lipinski definition) is 9. The quantitative estimate of drug-likeness (QED) is 0.262. The van der Waals surface area contributed by atoms with Crippen LogP contribution in [0.15, 0.2) is 12.4 Å². The molecule has 2 aromatic rings. The second-order valence-corrected chi connectivity index (χ2v) is 11.9. The third-order valence-corrected chi connectivity index (χ3v) is 6.97. The van der Waals surface area contributed by atoms with Crippen molar-refractivity contribution in [1.82, 2.24) is 30.0 Å². The number of amides is 1. The molecule has 1 fully saturated rings. The summed E-state index contributed by atoms with van der Waals surface area (Å²) >= 11 is 0. The summed E-state index contributed by atoms with van der Waals surface area (Å²) < 4.78 is 12.2. The van der Waals surface area contributed by atoms with Crippen LogP contribution < -0.4 is 10.6 Å². The molecule has 0 unspecified atom stereocenters. The lowest BCUT2D eigenvalue weighted by Crippen LogP contribution is -2.52. The van der Waals surface area contributed by atoms with Gasteiger partial charge in [-0.15, -0.1) is 24.8 Å². The zero-order valence-electron chi connectivity index (χ0n) is 26.2. The molecule has 2 atom stereocenters. The van der Waals surface area contributed by atoms with E-state index >= 15 is 0 Å². The van der Waals surface area contributed by atoms with Crippen molar-refractivity contribution in [2.24, 2.45) is 13.0 Å². The number of anilines is 1. The molecule has 1 amide bonds. The highest BCUT2D eigenvalue weighted by atomic mass is 35.5. The predicted molar refractivity (Wildman–Crippen MR) is 169 cm³/mol. The van der Waals surface area contributed by atoms with Crippen LogP contribution in [0.5, 0.6) is 0 Å². The van der Waals surface area contributed by atoms with Crippen molar-refractivity contribution in [3.63, 3.8) is 0 Å². The minimum absolute atomic E-state index is 0. The molecule has 0 radical (unpaired) electrons. The highest BCUT2D eigenvalue weighted by Gasteiger charge is 2.35. The summed E-state index contributed by atoms with van der Waals surface area (Å²) in [7, 11) is 3.52. The Kier molecular flexibility index (Phi) is 15.2. The van der Waals surface area contributed by atoms with Crippen LogP contribution in [0.4, 0.5) is 5.82 Å². The smallest absolute Gasteiger partial charge is 0.341 e. The number of piperidine rings is 1. The maximum Gasteiger partial charge on any atom is 0.341 e. The van der Waals surface area contributed by atoms with E-state index in [1.165, 1.54) is 0 Å². The normalized spacial score (nSPS) is 16.8. The van der Waals surface area contributed by atoms with Gasteiger partial charge in [-0.3, -0.25) is 9.48 Å². The Morgan fingerprint density at radius 2 is 1.90 bits per heavy atom. The second kappa shape index (κ2) is 17.0. The molecule has 3 rings (SSSR count). The van der Waals surface area contributed by atoms with E-state index in [1.807, 2.05) is 11.9 Å². The molecule has 1 aliphatic rings. The molecule has 1 aliphatic heterocycles. The number of nitrogens with one attached hydrogen (secondary N) is 2. The summed E-state index contributed by atoms with van der Waals surface area (Å²) in [5, 5.41) is 11.2. The zero-order chi connectivity index (χ0) is 29.4. The first-order chi connectivity index (χ1) is 19.0. The van der Waals surface area contributed by atoms with E-state index in [4.69, 9.17) is 14.5 Å². The first-order valence-electron chi connectivity index (χ1n) is 14.3. The summed E-state index contributed by atoms with van der Waals surface area (Å²) in [5.41, 5.74) is 1.50. The number of methoxy groups -OCH3 is 1. The number of aryl methyl sites for hydroxylation is 1. The van der Waals surface area contributed by atoms with Crippen LogP contribution >= 0.6 is 24.8 Å². The van der Waals surface area contributed by atoms with Crippen molar-refractivity contribution in [3.05, 3.63) is 35.0 Å². The van der Waals surface area contributed by atoms with Crippen LogP contribution in [0, 0.1) is 5.92 Å². The molecule has 0 saturated carbocycles. The summed E-state index contributed by atoms with van der Waals surface area (Å²) in [6, 6.07) is -0.0952. The fraction of sp³-hybridized carbons (Fsp3) is 0.690. The summed E-state index contributed by atoms with van der Waals surface area (Å²) in [6.45, 7) is 15.6. The molecule has 3 heterocycles. The van der Waals surface area contributed by atoms with E-state index in [2.05, 4.69) is 55.3 Å². The lowest BCUT2D eigenvalue weighted by Gasteiger charge is -2.39. The monoisotopic (exact) mass is 629 g/mol. The minimum Gasteiger partial charge on any atom is -0.462 e. The lowest BCUT2D eigenvalue weighted by molar-refractivity contribution is 0.0518. The second-order valence-electron chi connectivity index (χ2n) is 11.9. The van der Waals surface area contributed by atoms with Crippen LogP contribution in [0.3, 0.4) is 0 Å². The summed E-state index contributed by atoms with van der Waals surface area (Å²) in [4.78, 5) is 38.2. The van der Waals surface area contributed by atoms with Gasteiger partial charge in [-0.2, -0.15) is 5.10 Å². The van der Waals surface area contributed by atoms with Crippen LogP contribution in [-0.2, 0) is 21.9 Å². The first-order valence-corrected chi connectivity index (χ1v) is 14.3. The Morgan fingerprint density at radius 3 is 2.52 bits per heavy atom. The number of carbonyl (C=O) groups is 2. The molecule has 238 valence electrons. The van der Waals surface area contributed by atoms with Gasteiger partial charge in [0.1, 0.15) is 22.8 Å². The van der Waals surface area contributed by atoms with Gasteiger partial charge in [0.25, 0.3) is 5.91 Å². The number of ether oxygens (including phenoxy) is 2. The topological polar surface area (TPSA) is 124 Å².